The Morgan fingerprint density at radius 3 is 3.00 bits per heavy atom. The van der Waals surface area contributed by atoms with E-state index >= 15 is 0 Å². The van der Waals surface area contributed by atoms with Crippen LogP contribution in [-0.4, -0.2) is 44.0 Å². The van der Waals surface area contributed by atoms with Crippen LogP contribution >= 0.6 is 0 Å². The van der Waals surface area contributed by atoms with Gasteiger partial charge in [0.15, 0.2) is 5.82 Å². The van der Waals surface area contributed by atoms with Crippen molar-refractivity contribution in [2.45, 2.75) is 52.6 Å². The number of rotatable bonds is 5. The molecule has 0 radical (unpaired) electrons. The van der Waals surface area contributed by atoms with Gasteiger partial charge in [-0.2, -0.15) is 0 Å². The Hall–Kier alpha value is -2.12. The first-order chi connectivity index (χ1) is 12.2. The Kier molecular flexibility index (Phi) is 4.35. The Bertz CT molecular complexity index is 774. The molecule has 3 heterocycles. The molecule has 0 saturated carbocycles. The molecule has 1 atom stereocenters. The van der Waals surface area contributed by atoms with Gasteiger partial charge in [-0.25, -0.2) is 0 Å². The summed E-state index contributed by atoms with van der Waals surface area (Å²) in [5.74, 6) is 3.47. The molecular formula is C18H24N4O3. The predicted molar refractivity (Wildman–Crippen MR) is 91.5 cm³/mol. The summed E-state index contributed by atoms with van der Waals surface area (Å²) in [6, 6.07) is 4.26. The quantitative estimate of drug-likeness (QED) is 0.886. The molecule has 1 N–H and O–H groups in total. The molecule has 4 rings (SSSR count). The summed E-state index contributed by atoms with van der Waals surface area (Å²) in [6.45, 7) is 7.86. The number of ether oxygens (including phenoxy) is 2. The van der Waals surface area contributed by atoms with Crippen LogP contribution in [0.1, 0.15) is 36.6 Å². The third kappa shape index (κ3) is 3.09. The topological polar surface area (TPSA) is 72.6 Å². The molecule has 0 unspecified atom stereocenters. The largest absolute Gasteiger partial charge is 0.494 e. The van der Waals surface area contributed by atoms with Crippen LogP contribution < -0.4 is 9.47 Å². The molecule has 1 aromatic carbocycles. The van der Waals surface area contributed by atoms with E-state index in [1.54, 1.807) is 0 Å². The van der Waals surface area contributed by atoms with Crippen molar-refractivity contribution in [1.29, 1.82) is 0 Å². The molecule has 2 aliphatic heterocycles. The summed E-state index contributed by atoms with van der Waals surface area (Å²) < 4.78 is 13.8. The third-order valence-corrected chi connectivity index (χ3v) is 4.82. The molecule has 0 amide bonds. The Labute approximate surface area is 147 Å². The van der Waals surface area contributed by atoms with E-state index in [-0.39, 0.29) is 12.7 Å². The van der Waals surface area contributed by atoms with Crippen molar-refractivity contribution in [1.82, 2.24) is 19.7 Å². The summed E-state index contributed by atoms with van der Waals surface area (Å²) in [5.41, 5.74) is 2.37. The molecule has 1 aromatic heterocycles. The van der Waals surface area contributed by atoms with Crippen LogP contribution in [0.2, 0.25) is 0 Å². The van der Waals surface area contributed by atoms with Gasteiger partial charge in [0.2, 0.25) is 0 Å². The van der Waals surface area contributed by atoms with Gasteiger partial charge in [0.1, 0.15) is 30.0 Å². The standard InChI is InChI=1S/C18H24N4O3/c1-3-24-15-7-13-6-12(2)25-16(13)8-14(15)9-21-4-5-22-17(10-21)19-20-18(22)11-23/h7-8,12,23H,3-6,9-11H2,1-2H3/t12-/m1/s1. The van der Waals surface area contributed by atoms with Crippen molar-refractivity contribution < 1.29 is 14.6 Å². The van der Waals surface area contributed by atoms with Crippen LogP contribution in [0.4, 0.5) is 0 Å². The second-order valence-electron chi connectivity index (χ2n) is 6.69. The monoisotopic (exact) mass is 344 g/mol. The number of aliphatic hydroxyl groups excluding tert-OH is 1. The van der Waals surface area contributed by atoms with E-state index in [1.165, 1.54) is 5.56 Å². The number of hydrogen-bond donors (Lipinski definition) is 1. The van der Waals surface area contributed by atoms with Gasteiger partial charge in [-0.1, -0.05) is 0 Å². The van der Waals surface area contributed by atoms with Crippen molar-refractivity contribution in [3.8, 4) is 11.5 Å². The van der Waals surface area contributed by atoms with Crippen LogP contribution in [0.25, 0.3) is 0 Å². The lowest BCUT2D eigenvalue weighted by atomic mass is 10.1. The molecule has 2 aromatic rings. The molecule has 25 heavy (non-hydrogen) atoms. The maximum atomic E-state index is 9.32. The second-order valence-corrected chi connectivity index (χ2v) is 6.69. The zero-order valence-corrected chi connectivity index (χ0v) is 14.7. The van der Waals surface area contributed by atoms with E-state index in [1.807, 2.05) is 11.5 Å². The summed E-state index contributed by atoms with van der Waals surface area (Å²) in [7, 11) is 0. The maximum Gasteiger partial charge on any atom is 0.158 e. The van der Waals surface area contributed by atoms with Crippen molar-refractivity contribution in [2.75, 3.05) is 13.2 Å². The molecular weight excluding hydrogens is 320 g/mol. The highest BCUT2D eigenvalue weighted by molar-refractivity contribution is 5.48. The molecule has 0 bridgehead atoms. The smallest absolute Gasteiger partial charge is 0.158 e. The number of fused-ring (bicyclic) bond motifs is 2. The first-order valence-electron chi connectivity index (χ1n) is 8.87. The fraction of sp³-hybridized carbons (Fsp3) is 0.556. The molecule has 7 nitrogen and oxygen atoms in total. The van der Waals surface area contributed by atoms with Gasteiger partial charge in [0.25, 0.3) is 0 Å². The van der Waals surface area contributed by atoms with E-state index in [0.29, 0.717) is 19.0 Å². The van der Waals surface area contributed by atoms with Gasteiger partial charge in [-0.3, -0.25) is 4.90 Å². The average molecular weight is 344 g/mol. The van der Waals surface area contributed by atoms with E-state index in [4.69, 9.17) is 9.47 Å². The Balaban J connectivity index is 1.55. The minimum Gasteiger partial charge on any atom is -0.494 e. The Morgan fingerprint density at radius 1 is 1.32 bits per heavy atom. The van der Waals surface area contributed by atoms with Gasteiger partial charge in [-0.05, 0) is 26.0 Å². The highest BCUT2D eigenvalue weighted by Crippen LogP contribution is 2.36. The molecule has 0 aliphatic carbocycles. The first-order valence-corrected chi connectivity index (χ1v) is 8.87. The minimum absolute atomic E-state index is 0.0676. The van der Waals surface area contributed by atoms with Gasteiger partial charge in [0, 0.05) is 37.2 Å². The van der Waals surface area contributed by atoms with E-state index in [0.717, 1.165) is 48.9 Å². The molecule has 0 spiro atoms. The summed E-state index contributed by atoms with van der Waals surface area (Å²) in [5, 5.41) is 17.6. The van der Waals surface area contributed by atoms with Crippen molar-refractivity contribution in [3.05, 3.63) is 34.9 Å². The van der Waals surface area contributed by atoms with Crippen molar-refractivity contribution >= 4 is 0 Å². The van der Waals surface area contributed by atoms with E-state index in [2.05, 4.69) is 34.2 Å². The van der Waals surface area contributed by atoms with Crippen molar-refractivity contribution in [3.63, 3.8) is 0 Å². The third-order valence-electron chi connectivity index (χ3n) is 4.82. The molecule has 0 saturated heterocycles. The van der Waals surface area contributed by atoms with Crippen LogP contribution in [0, 0.1) is 0 Å². The Morgan fingerprint density at radius 2 is 2.20 bits per heavy atom. The molecule has 0 fully saturated rings. The lowest BCUT2D eigenvalue weighted by molar-refractivity contribution is 0.196. The summed E-state index contributed by atoms with van der Waals surface area (Å²) >= 11 is 0. The highest BCUT2D eigenvalue weighted by atomic mass is 16.5. The lowest BCUT2D eigenvalue weighted by Crippen LogP contribution is -2.34. The van der Waals surface area contributed by atoms with E-state index in [9.17, 15) is 5.11 Å². The van der Waals surface area contributed by atoms with Crippen LogP contribution in [0.5, 0.6) is 11.5 Å². The van der Waals surface area contributed by atoms with Gasteiger partial charge < -0.3 is 19.1 Å². The van der Waals surface area contributed by atoms with Crippen molar-refractivity contribution in [2.24, 2.45) is 0 Å². The maximum absolute atomic E-state index is 9.32. The van der Waals surface area contributed by atoms with Crippen LogP contribution in [-0.2, 0) is 32.7 Å². The number of aromatic nitrogens is 3. The highest BCUT2D eigenvalue weighted by Gasteiger charge is 2.25. The summed E-state index contributed by atoms with van der Waals surface area (Å²) in [6.07, 6.45) is 1.16. The molecule has 2 aliphatic rings. The first kappa shape index (κ1) is 16.4. The normalized spacial score (nSPS) is 19.4. The average Bonchev–Trinajstić information content (AvgIpc) is 3.16. The fourth-order valence-electron chi connectivity index (χ4n) is 3.66. The predicted octanol–water partition coefficient (Wildman–Crippen LogP) is 1.51. The van der Waals surface area contributed by atoms with Gasteiger partial charge in [0.05, 0.1) is 13.2 Å². The SMILES string of the molecule is CCOc1cc2c(cc1CN1CCn3c(CO)nnc3C1)O[C@H](C)C2. The number of benzene rings is 1. The number of nitrogens with zero attached hydrogens (tertiary/aromatic N) is 4. The zero-order valence-electron chi connectivity index (χ0n) is 14.7. The van der Waals surface area contributed by atoms with Gasteiger partial charge in [-0.15, -0.1) is 10.2 Å². The zero-order chi connectivity index (χ0) is 17.4. The number of aliphatic hydroxyl groups is 1. The molecule has 7 heteroatoms. The van der Waals surface area contributed by atoms with E-state index < -0.39 is 0 Å². The second kappa shape index (κ2) is 6.65. The minimum atomic E-state index is -0.0676. The number of hydrogen-bond acceptors (Lipinski definition) is 6. The lowest BCUT2D eigenvalue weighted by Gasteiger charge is -2.28. The molecule has 134 valence electrons. The van der Waals surface area contributed by atoms with Gasteiger partial charge >= 0.3 is 0 Å². The van der Waals surface area contributed by atoms with Crippen LogP contribution in [0.3, 0.4) is 0 Å². The van der Waals surface area contributed by atoms with Crippen LogP contribution in [0.15, 0.2) is 12.1 Å². The summed E-state index contributed by atoms with van der Waals surface area (Å²) in [4.78, 5) is 2.33. The fourth-order valence-corrected chi connectivity index (χ4v) is 3.66.